The summed E-state index contributed by atoms with van der Waals surface area (Å²) in [5, 5.41) is 3.39. The third-order valence-electron chi connectivity index (χ3n) is 4.06. The van der Waals surface area contributed by atoms with Crippen molar-refractivity contribution in [3.05, 3.63) is 43.1 Å². The Morgan fingerprint density at radius 2 is 2.25 bits per heavy atom. The summed E-state index contributed by atoms with van der Waals surface area (Å²) in [6, 6.07) is 6.87. The lowest BCUT2D eigenvalue weighted by Crippen LogP contribution is -2.32. The van der Waals surface area contributed by atoms with Crippen LogP contribution in [-0.4, -0.2) is 22.9 Å². The number of benzene rings is 1. The Morgan fingerprint density at radius 1 is 1.42 bits per heavy atom. The maximum atomic E-state index is 13.6. The number of carbonyl (C=O) groups is 1. The van der Waals surface area contributed by atoms with E-state index >= 15 is 0 Å². The predicted octanol–water partition coefficient (Wildman–Crippen LogP) is 4.32. The number of pyridine rings is 1. The summed E-state index contributed by atoms with van der Waals surface area (Å²) in [6.07, 6.45) is 2.91. The molecule has 6 heteroatoms. The van der Waals surface area contributed by atoms with Crippen LogP contribution in [0.25, 0.3) is 10.9 Å². The number of rotatable bonds is 4. The van der Waals surface area contributed by atoms with Gasteiger partial charge >= 0.3 is 0 Å². The van der Waals surface area contributed by atoms with Gasteiger partial charge in [-0.05, 0) is 43.2 Å². The van der Waals surface area contributed by atoms with Gasteiger partial charge in [-0.25, -0.2) is 8.78 Å². The van der Waals surface area contributed by atoms with Crippen LogP contribution in [0.15, 0.2) is 43.1 Å². The Bertz CT molecular complexity index is 777. The lowest BCUT2D eigenvalue weighted by Gasteiger charge is -2.29. The Balaban J connectivity index is 1.90. The van der Waals surface area contributed by atoms with Gasteiger partial charge in [0.25, 0.3) is 5.92 Å². The normalized spacial score (nSPS) is 19.7. The van der Waals surface area contributed by atoms with Gasteiger partial charge in [0.15, 0.2) is 0 Å². The van der Waals surface area contributed by atoms with Gasteiger partial charge in [0, 0.05) is 24.4 Å². The van der Waals surface area contributed by atoms with Gasteiger partial charge in [0.2, 0.25) is 5.91 Å². The number of amides is 1. The van der Waals surface area contributed by atoms with Crippen molar-refractivity contribution in [3.63, 3.8) is 0 Å². The minimum absolute atomic E-state index is 0.0849. The highest BCUT2D eigenvalue weighted by atomic mass is 19.3. The van der Waals surface area contributed by atoms with Gasteiger partial charge in [0.05, 0.1) is 5.69 Å². The number of nitrogens with zero attached hydrogens (tertiary/aromatic N) is 1. The first kappa shape index (κ1) is 16.4. The molecule has 0 radical (unpaired) electrons. The van der Waals surface area contributed by atoms with Crippen LogP contribution in [0.5, 0.6) is 5.75 Å². The fourth-order valence-electron chi connectivity index (χ4n) is 2.94. The summed E-state index contributed by atoms with van der Waals surface area (Å²) < 4.78 is 32.9. The van der Waals surface area contributed by atoms with Crippen LogP contribution in [0.4, 0.5) is 14.5 Å². The standard InChI is InChI=1S/C18H18F2N2O2/c1-2-16(23)22-14-7-8-15(17-13(14)6-4-10-21-17)24-12-5-3-9-18(19,20)11-12/h2,4,6-8,10,12H,1,3,5,9,11H2,(H,22,23). The van der Waals surface area contributed by atoms with Crippen LogP contribution < -0.4 is 10.1 Å². The number of nitrogens with one attached hydrogen (secondary N) is 1. The third kappa shape index (κ3) is 3.53. The van der Waals surface area contributed by atoms with Gasteiger partial charge in [-0.15, -0.1) is 0 Å². The molecule has 1 amide bonds. The van der Waals surface area contributed by atoms with Crippen molar-refractivity contribution in [1.82, 2.24) is 4.98 Å². The second-order valence-corrected chi connectivity index (χ2v) is 5.90. The highest BCUT2D eigenvalue weighted by Crippen LogP contribution is 2.37. The molecule has 0 saturated heterocycles. The number of halogens is 2. The summed E-state index contributed by atoms with van der Waals surface area (Å²) >= 11 is 0. The molecule has 4 nitrogen and oxygen atoms in total. The van der Waals surface area contributed by atoms with Crippen molar-refractivity contribution in [2.45, 2.75) is 37.7 Å². The van der Waals surface area contributed by atoms with Crippen LogP contribution in [0, 0.1) is 0 Å². The summed E-state index contributed by atoms with van der Waals surface area (Å²) in [6.45, 7) is 3.42. The quantitative estimate of drug-likeness (QED) is 0.849. The topological polar surface area (TPSA) is 51.2 Å². The van der Waals surface area contributed by atoms with Gasteiger partial charge in [-0.3, -0.25) is 9.78 Å². The van der Waals surface area contributed by atoms with E-state index in [2.05, 4.69) is 16.9 Å². The second kappa shape index (κ2) is 6.55. The molecule has 1 aromatic carbocycles. The van der Waals surface area contributed by atoms with Crippen LogP contribution in [-0.2, 0) is 4.79 Å². The van der Waals surface area contributed by atoms with E-state index in [9.17, 15) is 13.6 Å². The number of anilines is 1. The minimum atomic E-state index is -2.68. The lowest BCUT2D eigenvalue weighted by molar-refractivity contribution is -0.111. The summed E-state index contributed by atoms with van der Waals surface area (Å²) in [7, 11) is 0. The molecular formula is C18H18F2N2O2. The van der Waals surface area contributed by atoms with Crippen molar-refractivity contribution in [2.75, 3.05) is 5.32 Å². The monoisotopic (exact) mass is 332 g/mol. The number of hydrogen-bond donors (Lipinski definition) is 1. The summed E-state index contributed by atoms with van der Waals surface area (Å²) in [4.78, 5) is 15.8. The molecule has 1 saturated carbocycles. The van der Waals surface area contributed by atoms with Crippen molar-refractivity contribution in [1.29, 1.82) is 0 Å². The number of alkyl halides is 2. The SMILES string of the molecule is C=CC(=O)Nc1ccc(OC2CCCC(F)(F)C2)c2ncccc12. The molecule has 24 heavy (non-hydrogen) atoms. The number of carbonyl (C=O) groups excluding carboxylic acids is 1. The van der Waals surface area contributed by atoms with Crippen LogP contribution in [0.3, 0.4) is 0 Å². The molecule has 1 unspecified atom stereocenters. The van der Waals surface area contributed by atoms with E-state index in [1.165, 1.54) is 6.08 Å². The molecule has 1 fully saturated rings. The maximum absolute atomic E-state index is 13.6. The van der Waals surface area contributed by atoms with Gasteiger partial charge in [-0.2, -0.15) is 0 Å². The minimum Gasteiger partial charge on any atom is -0.488 e. The van der Waals surface area contributed by atoms with Gasteiger partial charge in [-0.1, -0.05) is 6.58 Å². The number of hydrogen-bond acceptors (Lipinski definition) is 3. The largest absolute Gasteiger partial charge is 0.488 e. The molecule has 1 aliphatic rings. The first-order chi connectivity index (χ1) is 11.5. The van der Waals surface area contributed by atoms with Crippen LogP contribution in [0.1, 0.15) is 25.7 Å². The zero-order chi connectivity index (χ0) is 17.2. The number of aromatic nitrogens is 1. The number of fused-ring (bicyclic) bond motifs is 1. The molecule has 0 spiro atoms. The average Bonchev–Trinajstić information content (AvgIpc) is 2.56. The molecule has 1 aromatic heterocycles. The summed E-state index contributed by atoms with van der Waals surface area (Å²) in [5.41, 5.74) is 1.11. The lowest BCUT2D eigenvalue weighted by atomic mass is 9.94. The van der Waals surface area contributed by atoms with E-state index in [1.807, 2.05) is 0 Å². The zero-order valence-electron chi connectivity index (χ0n) is 13.1. The van der Waals surface area contributed by atoms with E-state index in [0.29, 0.717) is 35.2 Å². The summed E-state index contributed by atoms with van der Waals surface area (Å²) in [5.74, 6) is -2.56. The molecule has 1 heterocycles. The molecule has 1 aliphatic carbocycles. The van der Waals surface area contributed by atoms with Crippen LogP contribution >= 0.6 is 0 Å². The molecule has 2 aromatic rings. The fraction of sp³-hybridized carbons (Fsp3) is 0.333. The first-order valence-corrected chi connectivity index (χ1v) is 7.84. The number of ether oxygens (including phenoxy) is 1. The predicted molar refractivity (Wildman–Crippen MR) is 88.4 cm³/mol. The van der Waals surface area contributed by atoms with Gasteiger partial charge < -0.3 is 10.1 Å². The average molecular weight is 332 g/mol. The van der Waals surface area contributed by atoms with Gasteiger partial charge in [0.1, 0.15) is 17.4 Å². The zero-order valence-corrected chi connectivity index (χ0v) is 13.1. The highest BCUT2D eigenvalue weighted by molar-refractivity contribution is 6.06. The molecule has 126 valence electrons. The molecule has 1 N–H and O–H groups in total. The molecular weight excluding hydrogens is 314 g/mol. The second-order valence-electron chi connectivity index (χ2n) is 5.90. The van der Waals surface area contributed by atoms with E-state index < -0.39 is 12.0 Å². The Kier molecular flexibility index (Phi) is 4.46. The van der Waals surface area contributed by atoms with E-state index in [-0.39, 0.29) is 18.7 Å². The Hall–Kier alpha value is -2.50. The Morgan fingerprint density at radius 3 is 3.00 bits per heavy atom. The third-order valence-corrected chi connectivity index (χ3v) is 4.06. The molecule has 0 bridgehead atoms. The first-order valence-electron chi connectivity index (χ1n) is 7.84. The van der Waals surface area contributed by atoms with Crippen LogP contribution in [0.2, 0.25) is 0 Å². The molecule has 1 atom stereocenters. The van der Waals surface area contributed by atoms with E-state index in [1.54, 1.807) is 30.5 Å². The van der Waals surface area contributed by atoms with Crippen molar-refractivity contribution < 1.29 is 18.3 Å². The van der Waals surface area contributed by atoms with E-state index in [4.69, 9.17) is 4.74 Å². The smallest absolute Gasteiger partial charge is 0.251 e. The molecule has 0 aliphatic heterocycles. The van der Waals surface area contributed by atoms with Crippen molar-refractivity contribution in [2.24, 2.45) is 0 Å². The fourth-order valence-corrected chi connectivity index (χ4v) is 2.94. The Labute approximate surface area is 138 Å². The van der Waals surface area contributed by atoms with E-state index in [0.717, 1.165) is 0 Å². The highest BCUT2D eigenvalue weighted by Gasteiger charge is 2.37. The van der Waals surface area contributed by atoms with Crippen molar-refractivity contribution in [3.8, 4) is 5.75 Å². The molecule has 3 rings (SSSR count). The maximum Gasteiger partial charge on any atom is 0.251 e. The van der Waals surface area contributed by atoms with Crippen molar-refractivity contribution >= 4 is 22.5 Å².